The van der Waals surface area contributed by atoms with Gasteiger partial charge in [0, 0.05) is 5.92 Å². The number of thiazole rings is 1. The number of hydrogen-bond donors (Lipinski definition) is 1. The molecule has 0 saturated heterocycles. The second-order valence-electron chi connectivity index (χ2n) is 7.28. The number of nitrogens with one attached hydrogen (secondary N) is 1. The molecule has 31 heavy (non-hydrogen) atoms. The molecule has 5 nitrogen and oxygen atoms in total. The van der Waals surface area contributed by atoms with Crippen LogP contribution in [0.5, 0.6) is 0 Å². The Morgan fingerprint density at radius 1 is 0.968 bits per heavy atom. The zero-order chi connectivity index (χ0) is 21.6. The molecule has 156 valence electrons. The molecule has 1 N–H and O–H groups in total. The lowest BCUT2D eigenvalue weighted by Gasteiger charge is -2.17. The molecule has 4 rings (SSSR count). The Morgan fingerprint density at radius 3 is 2.26 bits per heavy atom. The minimum Gasteiger partial charge on any atom is -0.456 e. The van der Waals surface area contributed by atoms with E-state index in [1.165, 1.54) is 11.3 Å². The van der Waals surface area contributed by atoms with Crippen LogP contribution in [0.25, 0.3) is 10.2 Å². The van der Waals surface area contributed by atoms with Crippen molar-refractivity contribution >= 4 is 38.6 Å². The van der Waals surface area contributed by atoms with Gasteiger partial charge in [-0.2, -0.15) is 0 Å². The van der Waals surface area contributed by atoms with Gasteiger partial charge in [0.2, 0.25) is 0 Å². The molecule has 1 aromatic heterocycles. The second-order valence-corrected chi connectivity index (χ2v) is 8.31. The van der Waals surface area contributed by atoms with Crippen LogP contribution in [-0.2, 0) is 14.3 Å². The Bertz CT molecular complexity index is 1150. The fourth-order valence-electron chi connectivity index (χ4n) is 3.41. The Kier molecular flexibility index (Phi) is 6.38. The van der Waals surface area contributed by atoms with E-state index in [-0.39, 0.29) is 18.9 Å². The van der Waals surface area contributed by atoms with Crippen LogP contribution >= 0.6 is 11.3 Å². The largest absolute Gasteiger partial charge is 0.456 e. The molecule has 6 heteroatoms. The van der Waals surface area contributed by atoms with E-state index >= 15 is 0 Å². The van der Waals surface area contributed by atoms with Crippen molar-refractivity contribution < 1.29 is 14.3 Å². The molecule has 0 atom stereocenters. The summed E-state index contributed by atoms with van der Waals surface area (Å²) < 4.78 is 6.27. The van der Waals surface area contributed by atoms with Crippen molar-refractivity contribution in [1.29, 1.82) is 0 Å². The molecule has 0 fully saturated rings. The van der Waals surface area contributed by atoms with Gasteiger partial charge >= 0.3 is 5.97 Å². The number of anilines is 1. The van der Waals surface area contributed by atoms with E-state index in [0.29, 0.717) is 5.13 Å². The molecule has 0 saturated carbocycles. The minimum atomic E-state index is -0.423. The maximum atomic E-state index is 12.5. The average Bonchev–Trinajstić information content (AvgIpc) is 3.18. The fraction of sp³-hybridized carbons (Fsp3) is 0.160. The maximum Gasteiger partial charge on any atom is 0.307 e. The molecular formula is C25H22N2O3S. The van der Waals surface area contributed by atoms with Crippen molar-refractivity contribution in [2.45, 2.75) is 19.3 Å². The van der Waals surface area contributed by atoms with Gasteiger partial charge in [0.25, 0.3) is 5.91 Å². The van der Waals surface area contributed by atoms with Crippen molar-refractivity contribution in [2.24, 2.45) is 0 Å². The average molecular weight is 431 g/mol. The van der Waals surface area contributed by atoms with Gasteiger partial charge in [-0.15, -0.1) is 0 Å². The Labute approximate surface area is 184 Å². The van der Waals surface area contributed by atoms with Crippen LogP contribution in [0, 0.1) is 6.92 Å². The van der Waals surface area contributed by atoms with E-state index < -0.39 is 11.9 Å². The lowest BCUT2D eigenvalue weighted by atomic mass is 9.89. The van der Waals surface area contributed by atoms with Crippen molar-refractivity contribution in [2.75, 3.05) is 11.9 Å². The predicted molar refractivity (Wildman–Crippen MR) is 123 cm³/mol. The smallest absolute Gasteiger partial charge is 0.307 e. The zero-order valence-corrected chi connectivity index (χ0v) is 17.9. The third-order valence-corrected chi connectivity index (χ3v) is 5.86. The topological polar surface area (TPSA) is 68.3 Å². The second kappa shape index (κ2) is 9.53. The first-order valence-corrected chi connectivity index (χ1v) is 10.8. The number of esters is 1. The Morgan fingerprint density at radius 2 is 1.61 bits per heavy atom. The molecule has 1 heterocycles. The van der Waals surface area contributed by atoms with Gasteiger partial charge in [0.1, 0.15) is 0 Å². The number of aromatic nitrogens is 1. The summed E-state index contributed by atoms with van der Waals surface area (Å²) in [6.45, 7) is 1.67. The minimum absolute atomic E-state index is 0.134. The van der Waals surface area contributed by atoms with E-state index in [2.05, 4.69) is 10.3 Å². The van der Waals surface area contributed by atoms with Gasteiger partial charge in [-0.05, 0) is 35.7 Å². The van der Waals surface area contributed by atoms with E-state index in [4.69, 9.17) is 4.74 Å². The van der Waals surface area contributed by atoms with Gasteiger partial charge < -0.3 is 4.74 Å². The lowest BCUT2D eigenvalue weighted by Crippen LogP contribution is -2.21. The van der Waals surface area contributed by atoms with Crippen LogP contribution in [0.4, 0.5) is 5.13 Å². The third kappa shape index (κ3) is 5.35. The Balaban J connectivity index is 1.37. The summed E-state index contributed by atoms with van der Waals surface area (Å²) in [5.41, 5.74) is 4.02. The molecule has 1 amide bonds. The molecule has 3 aromatic carbocycles. The van der Waals surface area contributed by atoms with Crippen LogP contribution < -0.4 is 5.32 Å². The number of hydrogen-bond acceptors (Lipinski definition) is 5. The summed E-state index contributed by atoms with van der Waals surface area (Å²) in [6.07, 6.45) is 0.154. The van der Waals surface area contributed by atoms with Crippen molar-refractivity contribution in [3.8, 4) is 0 Å². The van der Waals surface area contributed by atoms with Gasteiger partial charge in [-0.3, -0.25) is 14.9 Å². The molecule has 0 bridgehead atoms. The number of rotatable bonds is 7. The SMILES string of the molecule is Cc1ccc2nc(NC(=O)COC(=O)CC(c3ccccc3)c3ccccc3)sc2c1. The highest BCUT2D eigenvalue weighted by atomic mass is 32.1. The van der Waals surface area contributed by atoms with Crippen molar-refractivity contribution in [3.63, 3.8) is 0 Å². The highest BCUT2D eigenvalue weighted by Gasteiger charge is 2.20. The summed E-state index contributed by atoms with van der Waals surface area (Å²) in [6, 6.07) is 25.6. The molecule has 0 radical (unpaired) electrons. The van der Waals surface area contributed by atoms with Crippen LogP contribution in [0.2, 0.25) is 0 Å². The van der Waals surface area contributed by atoms with Crippen molar-refractivity contribution in [1.82, 2.24) is 4.98 Å². The molecule has 0 aliphatic heterocycles. The van der Waals surface area contributed by atoms with E-state index in [0.717, 1.165) is 26.9 Å². The van der Waals surface area contributed by atoms with Crippen LogP contribution in [-0.4, -0.2) is 23.5 Å². The van der Waals surface area contributed by atoms with Crippen molar-refractivity contribution in [3.05, 3.63) is 95.6 Å². The van der Waals surface area contributed by atoms with E-state index in [1.54, 1.807) is 0 Å². The zero-order valence-electron chi connectivity index (χ0n) is 17.1. The summed E-state index contributed by atoms with van der Waals surface area (Å²) in [5, 5.41) is 3.21. The van der Waals surface area contributed by atoms with E-state index in [1.807, 2.05) is 85.8 Å². The predicted octanol–water partition coefficient (Wildman–Crippen LogP) is 5.31. The summed E-state index contributed by atoms with van der Waals surface area (Å²) in [5.74, 6) is -0.960. The summed E-state index contributed by atoms with van der Waals surface area (Å²) >= 11 is 1.40. The van der Waals surface area contributed by atoms with Crippen LogP contribution in [0.15, 0.2) is 78.9 Å². The first kappa shape index (κ1) is 20.8. The molecule has 0 spiro atoms. The number of ether oxygens (including phenoxy) is 1. The highest BCUT2D eigenvalue weighted by molar-refractivity contribution is 7.22. The van der Waals surface area contributed by atoms with E-state index in [9.17, 15) is 9.59 Å². The normalized spacial score (nSPS) is 10.9. The summed E-state index contributed by atoms with van der Waals surface area (Å²) in [7, 11) is 0. The van der Waals surface area contributed by atoms with Crippen LogP contribution in [0.1, 0.15) is 29.0 Å². The van der Waals surface area contributed by atoms with Crippen LogP contribution in [0.3, 0.4) is 0 Å². The number of aryl methyl sites for hydroxylation is 1. The molecule has 0 aliphatic carbocycles. The maximum absolute atomic E-state index is 12.5. The number of benzene rings is 3. The monoisotopic (exact) mass is 430 g/mol. The molecule has 0 aliphatic rings. The van der Waals surface area contributed by atoms with Gasteiger partial charge in [0.05, 0.1) is 16.6 Å². The first-order valence-electron chi connectivity index (χ1n) is 10.0. The number of nitrogens with zero attached hydrogens (tertiary/aromatic N) is 1. The number of amides is 1. The molecular weight excluding hydrogens is 408 g/mol. The molecule has 4 aromatic rings. The Hall–Kier alpha value is -3.51. The van der Waals surface area contributed by atoms with Gasteiger partial charge in [0.15, 0.2) is 11.7 Å². The van der Waals surface area contributed by atoms with Gasteiger partial charge in [-0.25, -0.2) is 4.98 Å². The number of carbonyl (C=O) groups excluding carboxylic acids is 2. The lowest BCUT2D eigenvalue weighted by molar-refractivity contribution is -0.147. The third-order valence-electron chi connectivity index (χ3n) is 4.93. The quantitative estimate of drug-likeness (QED) is 0.404. The number of fused-ring (bicyclic) bond motifs is 1. The standard InChI is InChI=1S/C25H22N2O3S/c1-17-12-13-21-22(14-17)31-25(26-21)27-23(28)16-30-24(29)15-20(18-8-4-2-5-9-18)19-10-6-3-7-11-19/h2-14,20H,15-16H2,1H3,(H,26,27,28). The fourth-order valence-corrected chi connectivity index (χ4v) is 4.39. The summed E-state index contributed by atoms with van der Waals surface area (Å²) in [4.78, 5) is 29.2. The number of carbonyl (C=O) groups is 2. The highest BCUT2D eigenvalue weighted by Crippen LogP contribution is 2.29. The first-order chi connectivity index (χ1) is 15.1. The molecule has 0 unspecified atom stereocenters. The van der Waals surface area contributed by atoms with Gasteiger partial charge in [-0.1, -0.05) is 78.1 Å².